The SMILES string of the molecule is N[C@H]([C]=O)CCCCNC(=O)COCCOCCNC(=O)CC[C@H](NC(=O)CCCCCCCCCOc1ccc(C(=O)O)cc1)C(=O)O. The highest BCUT2D eigenvalue weighted by Gasteiger charge is 2.20. The van der Waals surface area contributed by atoms with Gasteiger partial charge < -0.3 is 46.1 Å². The number of benzene rings is 1. The summed E-state index contributed by atoms with van der Waals surface area (Å²) in [6, 6.07) is 4.56. The maximum Gasteiger partial charge on any atom is 0.335 e. The predicted octanol–water partition coefficient (Wildman–Crippen LogP) is 2.11. The number of ether oxygens (including phenoxy) is 3. The van der Waals surface area contributed by atoms with Crippen molar-refractivity contribution < 1.29 is 53.2 Å². The van der Waals surface area contributed by atoms with E-state index in [1.807, 2.05) is 0 Å². The van der Waals surface area contributed by atoms with Crippen molar-refractivity contribution in [3.63, 3.8) is 0 Å². The smallest absolute Gasteiger partial charge is 0.335 e. The van der Waals surface area contributed by atoms with Crippen LogP contribution >= 0.6 is 0 Å². The number of hydrogen-bond donors (Lipinski definition) is 6. The Morgan fingerprint density at radius 3 is 2.02 bits per heavy atom. The standard InChI is InChI=1S/C34H53N4O11/c35-27(24-39)10-7-8-18-36-32(42)25-48-23-22-47-21-19-37-30(40)17-16-29(34(45)46)38-31(41)11-6-4-2-1-3-5-9-20-49-28-14-12-26(13-15-28)33(43)44/h12-15,27,29H,1-11,16-23,25,35H2,(H,36,42)(H,37,40)(H,38,41)(H,43,44)(H,45,46)/t27-,29-/m0/s1. The van der Waals surface area contributed by atoms with Crippen molar-refractivity contribution in [3.05, 3.63) is 29.8 Å². The van der Waals surface area contributed by atoms with Crippen molar-refractivity contribution in [2.75, 3.05) is 46.1 Å². The van der Waals surface area contributed by atoms with Crippen LogP contribution < -0.4 is 26.4 Å². The highest BCUT2D eigenvalue weighted by atomic mass is 16.5. The molecule has 2 atom stereocenters. The summed E-state index contributed by atoms with van der Waals surface area (Å²) in [4.78, 5) is 68.8. The summed E-state index contributed by atoms with van der Waals surface area (Å²) >= 11 is 0. The predicted molar refractivity (Wildman–Crippen MR) is 180 cm³/mol. The number of aromatic carboxylic acids is 1. The van der Waals surface area contributed by atoms with Gasteiger partial charge in [0.25, 0.3) is 0 Å². The molecule has 0 bridgehead atoms. The minimum Gasteiger partial charge on any atom is -0.494 e. The zero-order valence-electron chi connectivity index (χ0n) is 28.3. The van der Waals surface area contributed by atoms with Gasteiger partial charge in [0, 0.05) is 25.9 Å². The number of amides is 3. The van der Waals surface area contributed by atoms with Crippen molar-refractivity contribution in [1.29, 1.82) is 0 Å². The Kier molecular flexibility index (Phi) is 24.4. The zero-order chi connectivity index (χ0) is 36.1. The molecule has 0 aliphatic rings. The first kappa shape index (κ1) is 42.9. The lowest BCUT2D eigenvalue weighted by Gasteiger charge is -2.14. The molecule has 0 unspecified atom stereocenters. The second kappa shape index (κ2) is 27.8. The molecule has 275 valence electrons. The first-order valence-corrected chi connectivity index (χ1v) is 16.9. The van der Waals surface area contributed by atoms with Crippen molar-refractivity contribution in [3.8, 4) is 5.75 Å². The quantitative estimate of drug-likeness (QED) is 0.0614. The lowest BCUT2D eigenvalue weighted by Crippen LogP contribution is -2.41. The summed E-state index contributed by atoms with van der Waals surface area (Å²) in [5, 5.41) is 26.2. The van der Waals surface area contributed by atoms with Crippen LogP contribution in [0.5, 0.6) is 5.75 Å². The van der Waals surface area contributed by atoms with Crippen LogP contribution in [0.1, 0.15) is 93.8 Å². The normalized spacial score (nSPS) is 12.0. The van der Waals surface area contributed by atoms with Crippen molar-refractivity contribution in [2.24, 2.45) is 5.73 Å². The maximum atomic E-state index is 12.3. The fraction of sp³-hybridized carbons (Fsp3) is 0.647. The van der Waals surface area contributed by atoms with E-state index in [9.17, 15) is 33.9 Å². The van der Waals surface area contributed by atoms with Crippen molar-refractivity contribution in [1.82, 2.24) is 16.0 Å². The summed E-state index contributed by atoms with van der Waals surface area (Å²) < 4.78 is 16.2. The van der Waals surface area contributed by atoms with E-state index >= 15 is 0 Å². The number of hydrogen-bond acceptors (Lipinski definition) is 10. The Morgan fingerprint density at radius 2 is 1.35 bits per heavy atom. The molecule has 0 aliphatic heterocycles. The number of carboxylic acids is 2. The summed E-state index contributed by atoms with van der Waals surface area (Å²) in [6.07, 6.45) is 10.1. The van der Waals surface area contributed by atoms with Crippen LogP contribution in [0.25, 0.3) is 0 Å². The molecule has 0 saturated carbocycles. The van der Waals surface area contributed by atoms with Gasteiger partial charge in [0.1, 0.15) is 18.4 Å². The third kappa shape index (κ3) is 23.8. The molecule has 0 aliphatic carbocycles. The van der Waals surface area contributed by atoms with Crippen LogP contribution in [0.3, 0.4) is 0 Å². The summed E-state index contributed by atoms with van der Waals surface area (Å²) in [7, 11) is 0. The van der Waals surface area contributed by atoms with Gasteiger partial charge in [0.05, 0.1) is 38.0 Å². The van der Waals surface area contributed by atoms with Gasteiger partial charge in [0.15, 0.2) is 0 Å². The molecule has 0 aromatic heterocycles. The second-order valence-electron chi connectivity index (χ2n) is 11.5. The third-order valence-corrected chi connectivity index (χ3v) is 7.30. The van der Waals surface area contributed by atoms with Gasteiger partial charge >= 0.3 is 11.9 Å². The molecular weight excluding hydrogens is 640 g/mol. The van der Waals surface area contributed by atoms with E-state index in [1.165, 1.54) is 12.1 Å². The Balaban J connectivity index is 1.99. The lowest BCUT2D eigenvalue weighted by molar-refractivity contribution is -0.142. The van der Waals surface area contributed by atoms with Gasteiger partial charge in [-0.25, -0.2) is 9.59 Å². The van der Waals surface area contributed by atoms with Crippen LogP contribution in [-0.4, -0.2) is 104 Å². The van der Waals surface area contributed by atoms with E-state index in [2.05, 4.69) is 16.0 Å². The molecule has 15 heteroatoms. The third-order valence-electron chi connectivity index (χ3n) is 7.30. The lowest BCUT2D eigenvalue weighted by atomic mass is 10.1. The van der Waals surface area contributed by atoms with Crippen LogP contribution in [-0.2, 0) is 33.4 Å². The zero-order valence-corrected chi connectivity index (χ0v) is 28.3. The van der Waals surface area contributed by atoms with E-state index in [0.29, 0.717) is 44.6 Å². The number of unbranched alkanes of at least 4 members (excludes halogenated alkanes) is 7. The number of carbonyl (C=O) groups excluding carboxylic acids is 4. The van der Waals surface area contributed by atoms with Crippen LogP contribution in [0.15, 0.2) is 24.3 Å². The molecule has 1 radical (unpaired) electrons. The fourth-order valence-electron chi connectivity index (χ4n) is 4.52. The molecule has 0 fully saturated rings. The van der Waals surface area contributed by atoms with Crippen molar-refractivity contribution >= 4 is 35.9 Å². The minimum absolute atomic E-state index is 0.0358. The van der Waals surface area contributed by atoms with Gasteiger partial charge in [0.2, 0.25) is 24.0 Å². The molecule has 0 spiro atoms. The molecule has 0 saturated heterocycles. The Hall–Kier alpha value is -4.08. The Morgan fingerprint density at radius 1 is 0.694 bits per heavy atom. The number of carboxylic acid groups (broad SMARTS) is 2. The summed E-state index contributed by atoms with van der Waals surface area (Å²) in [6.45, 7) is 1.74. The molecule has 15 nitrogen and oxygen atoms in total. The highest BCUT2D eigenvalue weighted by molar-refractivity contribution is 5.87. The van der Waals surface area contributed by atoms with Crippen LogP contribution in [0, 0.1) is 0 Å². The average Bonchev–Trinajstić information content (AvgIpc) is 3.08. The number of aliphatic carboxylic acids is 1. The Bertz CT molecular complexity index is 1120. The number of carbonyl (C=O) groups is 5. The molecule has 1 aromatic carbocycles. The average molecular weight is 694 g/mol. The first-order chi connectivity index (χ1) is 23.6. The first-order valence-electron chi connectivity index (χ1n) is 16.9. The fourth-order valence-corrected chi connectivity index (χ4v) is 4.52. The van der Waals surface area contributed by atoms with Gasteiger partial charge in [-0.1, -0.05) is 32.1 Å². The van der Waals surface area contributed by atoms with E-state index in [4.69, 9.17) is 25.1 Å². The summed E-state index contributed by atoms with van der Waals surface area (Å²) in [5.41, 5.74) is 5.66. The number of nitrogens with two attached hydrogens (primary N) is 1. The summed E-state index contributed by atoms with van der Waals surface area (Å²) in [5.74, 6) is -2.51. The van der Waals surface area contributed by atoms with Gasteiger partial charge in [-0.05, 0) is 62.8 Å². The number of nitrogens with one attached hydrogen (secondary N) is 3. The molecule has 1 rings (SSSR count). The van der Waals surface area contributed by atoms with Gasteiger partial charge in [-0.15, -0.1) is 0 Å². The monoisotopic (exact) mass is 693 g/mol. The minimum atomic E-state index is -1.20. The van der Waals surface area contributed by atoms with Gasteiger partial charge in [-0.2, -0.15) is 0 Å². The molecule has 3 amide bonds. The number of rotatable bonds is 31. The molecule has 1 aromatic rings. The largest absolute Gasteiger partial charge is 0.494 e. The molecule has 49 heavy (non-hydrogen) atoms. The molecule has 7 N–H and O–H groups in total. The van der Waals surface area contributed by atoms with Crippen LogP contribution in [0.4, 0.5) is 0 Å². The van der Waals surface area contributed by atoms with E-state index in [1.54, 1.807) is 18.4 Å². The van der Waals surface area contributed by atoms with E-state index in [0.717, 1.165) is 38.5 Å². The van der Waals surface area contributed by atoms with Crippen molar-refractivity contribution in [2.45, 2.75) is 95.6 Å². The second-order valence-corrected chi connectivity index (χ2v) is 11.5. The van der Waals surface area contributed by atoms with E-state index in [-0.39, 0.29) is 75.5 Å². The highest BCUT2D eigenvalue weighted by Crippen LogP contribution is 2.14. The Labute approximate surface area is 288 Å². The van der Waals surface area contributed by atoms with E-state index < -0.39 is 24.0 Å². The maximum absolute atomic E-state index is 12.3. The van der Waals surface area contributed by atoms with Gasteiger partial charge in [-0.3, -0.25) is 19.2 Å². The molecular formula is C34H53N4O11. The molecule has 0 heterocycles. The topological polar surface area (TPSA) is 233 Å². The van der Waals surface area contributed by atoms with Crippen LogP contribution in [0.2, 0.25) is 0 Å².